The highest BCUT2D eigenvalue weighted by molar-refractivity contribution is 9.10. The van der Waals surface area contributed by atoms with Gasteiger partial charge in [-0.2, -0.15) is 0 Å². The van der Waals surface area contributed by atoms with Gasteiger partial charge in [-0.25, -0.2) is 8.42 Å². The van der Waals surface area contributed by atoms with Crippen molar-refractivity contribution in [2.45, 2.75) is 45.7 Å². The first-order valence-corrected chi connectivity index (χ1v) is 16.3. The summed E-state index contributed by atoms with van der Waals surface area (Å²) in [5.74, 6) is -0.00555. The largest absolute Gasteiger partial charge is 0.492 e. The number of hydrogen-bond donors (Lipinski definition) is 1. The highest BCUT2D eigenvalue weighted by atomic mass is 79.9. The zero-order valence-corrected chi connectivity index (χ0v) is 26.2. The summed E-state index contributed by atoms with van der Waals surface area (Å²) in [7, 11) is -3.65. The van der Waals surface area contributed by atoms with Crippen molar-refractivity contribution in [1.29, 1.82) is 0 Å². The molecule has 0 bridgehead atoms. The molecule has 0 fully saturated rings. The molecule has 0 saturated carbocycles. The molecule has 0 heterocycles. The number of rotatable bonds is 15. The third-order valence-electron chi connectivity index (χ3n) is 6.45. The number of nitrogens with one attached hydrogen (secondary N) is 1. The topological polar surface area (TPSA) is 96.0 Å². The Labute approximate surface area is 251 Å². The van der Waals surface area contributed by atoms with E-state index in [2.05, 4.69) is 21.2 Å². The van der Waals surface area contributed by atoms with Crippen LogP contribution in [-0.2, 0) is 32.6 Å². The Morgan fingerprint density at radius 2 is 1.63 bits per heavy atom. The molecule has 0 spiro atoms. The maximum Gasteiger partial charge on any atom is 0.243 e. The van der Waals surface area contributed by atoms with Gasteiger partial charge in [-0.15, -0.1) is 0 Å². The van der Waals surface area contributed by atoms with Gasteiger partial charge in [0.15, 0.2) is 0 Å². The molecule has 3 aromatic rings. The van der Waals surface area contributed by atoms with E-state index in [1.54, 1.807) is 29.2 Å². The van der Waals surface area contributed by atoms with Gasteiger partial charge in [-0.3, -0.25) is 13.9 Å². The molecule has 2 amide bonds. The Morgan fingerprint density at radius 1 is 0.951 bits per heavy atom. The summed E-state index contributed by atoms with van der Waals surface area (Å²) >= 11 is 3.49. The summed E-state index contributed by atoms with van der Waals surface area (Å²) < 4.78 is 33.3. The number of hydrogen-bond acceptors (Lipinski definition) is 5. The van der Waals surface area contributed by atoms with E-state index >= 15 is 0 Å². The number of sulfonamides is 1. The Bertz CT molecular complexity index is 1400. The van der Waals surface area contributed by atoms with E-state index in [1.165, 1.54) is 4.31 Å². The third kappa shape index (κ3) is 9.60. The smallest absolute Gasteiger partial charge is 0.243 e. The van der Waals surface area contributed by atoms with Crippen molar-refractivity contribution in [1.82, 2.24) is 10.2 Å². The number of anilines is 1. The average Bonchev–Trinajstić information content (AvgIpc) is 2.93. The summed E-state index contributed by atoms with van der Waals surface area (Å²) in [5, 5.41) is 2.89. The lowest BCUT2D eigenvalue weighted by molar-refractivity contribution is -0.141. The second-order valence-corrected chi connectivity index (χ2v) is 12.4. The van der Waals surface area contributed by atoms with E-state index in [0.29, 0.717) is 31.0 Å². The number of para-hydroxylation sites is 2. The summed E-state index contributed by atoms with van der Waals surface area (Å²) in [4.78, 5) is 28.8. The van der Waals surface area contributed by atoms with E-state index in [1.807, 2.05) is 68.4 Å². The van der Waals surface area contributed by atoms with Crippen LogP contribution in [0.1, 0.15) is 37.8 Å². The average molecular weight is 645 g/mol. The van der Waals surface area contributed by atoms with Crippen LogP contribution >= 0.6 is 15.9 Å². The molecule has 1 unspecified atom stereocenters. The summed E-state index contributed by atoms with van der Waals surface area (Å²) in [6.07, 6.45) is 1.81. The Kier molecular flexibility index (Phi) is 12.2. The summed E-state index contributed by atoms with van der Waals surface area (Å²) in [5.41, 5.74) is 2.24. The molecule has 0 aliphatic rings. The lowest BCUT2D eigenvalue weighted by atomic mass is 10.0. The second kappa shape index (κ2) is 15.6. The zero-order valence-electron chi connectivity index (χ0n) is 23.8. The van der Waals surface area contributed by atoms with Crippen LogP contribution in [0.2, 0.25) is 0 Å². The SMILES string of the molecule is CCNC(=O)C(Cc1ccccc1)N(Cc1cccc(Br)c1)C(=O)CCCN(c1ccccc1OCC)S(C)(=O)=O. The number of benzene rings is 3. The van der Waals surface area contributed by atoms with Crippen molar-refractivity contribution >= 4 is 43.5 Å². The number of likely N-dealkylation sites (N-methyl/N-ethyl adjacent to an activating group) is 1. The quantitative estimate of drug-likeness (QED) is 0.247. The van der Waals surface area contributed by atoms with E-state index in [-0.39, 0.29) is 37.7 Å². The number of carbonyl (C=O) groups is 2. The fraction of sp³-hybridized carbons (Fsp3) is 0.355. The fourth-order valence-corrected chi connectivity index (χ4v) is 6.02. The van der Waals surface area contributed by atoms with Crippen molar-refractivity contribution in [2.75, 3.05) is 30.3 Å². The molecule has 8 nitrogen and oxygen atoms in total. The minimum Gasteiger partial charge on any atom is -0.492 e. The number of carbonyl (C=O) groups excluding carboxylic acids is 2. The van der Waals surface area contributed by atoms with Gasteiger partial charge in [0.05, 0.1) is 18.6 Å². The molecule has 0 aromatic heterocycles. The predicted molar refractivity (Wildman–Crippen MR) is 166 cm³/mol. The molecule has 0 aliphatic carbocycles. The first-order chi connectivity index (χ1) is 19.6. The molecule has 220 valence electrons. The molecular weight excluding hydrogens is 606 g/mol. The van der Waals surface area contributed by atoms with E-state index in [0.717, 1.165) is 21.9 Å². The molecule has 1 atom stereocenters. The Balaban J connectivity index is 1.88. The summed E-state index contributed by atoms with van der Waals surface area (Å²) in [6.45, 7) is 4.82. The van der Waals surface area contributed by atoms with Gasteiger partial charge in [0.25, 0.3) is 0 Å². The lowest BCUT2D eigenvalue weighted by Gasteiger charge is -2.32. The number of halogens is 1. The van der Waals surface area contributed by atoms with Crippen molar-refractivity contribution in [3.8, 4) is 5.75 Å². The van der Waals surface area contributed by atoms with Crippen molar-refractivity contribution < 1.29 is 22.7 Å². The highest BCUT2D eigenvalue weighted by Crippen LogP contribution is 2.30. The van der Waals surface area contributed by atoms with E-state index in [4.69, 9.17) is 4.74 Å². The van der Waals surface area contributed by atoms with Crippen LogP contribution in [0.4, 0.5) is 5.69 Å². The molecule has 0 aliphatic heterocycles. The second-order valence-electron chi connectivity index (χ2n) is 9.59. The van der Waals surface area contributed by atoms with Crippen LogP contribution in [0, 0.1) is 0 Å². The number of amides is 2. The standard InChI is InChI=1S/C31H38BrN3O5S/c1-4-33-31(37)28(22-24-13-7-6-8-14-24)34(23-25-15-11-16-26(32)21-25)30(36)19-12-20-35(41(3,38)39)27-17-9-10-18-29(27)40-5-2/h6-11,13-18,21,28H,4-5,12,19-20,22-23H2,1-3H3,(H,33,37). The molecule has 10 heteroatoms. The van der Waals surface area contributed by atoms with Crippen LogP contribution in [0.5, 0.6) is 5.75 Å². The molecule has 0 saturated heterocycles. The molecule has 3 rings (SSSR count). The molecule has 41 heavy (non-hydrogen) atoms. The van der Waals surface area contributed by atoms with Gasteiger partial charge in [0.1, 0.15) is 11.8 Å². The lowest BCUT2D eigenvalue weighted by Crippen LogP contribution is -2.50. The van der Waals surface area contributed by atoms with Gasteiger partial charge in [0, 0.05) is 36.9 Å². The minimum absolute atomic E-state index is 0.0571. The monoisotopic (exact) mass is 643 g/mol. The zero-order chi connectivity index (χ0) is 29.8. The molecule has 0 radical (unpaired) electrons. The van der Waals surface area contributed by atoms with Crippen LogP contribution in [0.25, 0.3) is 0 Å². The predicted octanol–water partition coefficient (Wildman–Crippen LogP) is 5.17. The van der Waals surface area contributed by atoms with Gasteiger partial charge in [0.2, 0.25) is 21.8 Å². The Morgan fingerprint density at radius 3 is 2.29 bits per heavy atom. The van der Waals surface area contributed by atoms with Gasteiger partial charge < -0.3 is 15.0 Å². The van der Waals surface area contributed by atoms with Gasteiger partial charge in [-0.1, -0.05) is 70.5 Å². The number of ether oxygens (including phenoxy) is 1. The molecular formula is C31H38BrN3O5S. The maximum atomic E-state index is 13.9. The number of nitrogens with zero attached hydrogens (tertiary/aromatic N) is 2. The molecule has 3 aromatic carbocycles. The first kappa shape index (κ1) is 32.1. The third-order valence-corrected chi connectivity index (χ3v) is 8.12. The van der Waals surface area contributed by atoms with E-state index in [9.17, 15) is 18.0 Å². The Hall–Kier alpha value is -3.37. The normalized spacial score (nSPS) is 11.9. The summed E-state index contributed by atoms with van der Waals surface area (Å²) in [6, 6.07) is 23.4. The van der Waals surface area contributed by atoms with Crippen LogP contribution in [0.15, 0.2) is 83.3 Å². The minimum atomic E-state index is -3.65. The van der Waals surface area contributed by atoms with Gasteiger partial charge >= 0.3 is 0 Å². The van der Waals surface area contributed by atoms with Crippen LogP contribution < -0.4 is 14.4 Å². The van der Waals surface area contributed by atoms with E-state index < -0.39 is 16.1 Å². The fourth-order valence-electron chi connectivity index (χ4n) is 4.60. The van der Waals surface area contributed by atoms with Crippen molar-refractivity contribution in [2.24, 2.45) is 0 Å². The van der Waals surface area contributed by atoms with Gasteiger partial charge in [-0.05, 0) is 55.7 Å². The maximum absolute atomic E-state index is 13.9. The van der Waals surface area contributed by atoms with Crippen LogP contribution in [0.3, 0.4) is 0 Å². The highest BCUT2D eigenvalue weighted by Gasteiger charge is 2.30. The van der Waals surface area contributed by atoms with Crippen molar-refractivity contribution in [3.63, 3.8) is 0 Å². The first-order valence-electron chi connectivity index (χ1n) is 13.7. The van der Waals surface area contributed by atoms with Crippen LogP contribution in [-0.4, -0.2) is 57.1 Å². The van der Waals surface area contributed by atoms with Crippen molar-refractivity contribution in [3.05, 3.63) is 94.5 Å². The molecule has 1 N–H and O–H groups in total.